The van der Waals surface area contributed by atoms with Crippen molar-refractivity contribution in [1.29, 1.82) is 0 Å². The first-order valence-corrected chi connectivity index (χ1v) is 5.75. The third-order valence-electron chi connectivity index (χ3n) is 2.49. The number of hydrogen-bond acceptors (Lipinski definition) is 2. The number of benzene rings is 2. The van der Waals surface area contributed by atoms with Gasteiger partial charge in [-0.2, -0.15) is 0 Å². The normalized spacial score (nSPS) is 11.4. The fraction of sp³-hybridized carbons (Fsp3) is 0.0769. The first-order valence-electron chi connectivity index (χ1n) is 5.37. The van der Waals surface area contributed by atoms with E-state index in [0.29, 0.717) is 5.56 Å². The van der Waals surface area contributed by atoms with Crippen molar-refractivity contribution in [3.63, 3.8) is 0 Å². The highest BCUT2D eigenvalue weighted by molar-refractivity contribution is 6.33. The van der Waals surface area contributed by atoms with E-state index < -0.39 is 12.2 Å². The maximum absolute atomic E-state index is 13.7. The van der Waals surface area contributed by atoms with E-state index >= 15 is 0 Å². The predicted octanol–water partition coefficient (Wildman–Crippen LogP) is 4.63. The maximum atomic E-state index is 13.7. The number of hydrogen-bond donors (Lipinski definition) is 1. The van der Waals surface area contributed by atoms with E-state index in [1.54, 1.807) is 0 Å². The molecule has 106 valence electrons. The van der Waals surface area contributed by atoms with E-state index in [1.807, 2.05) is 0 Å². The SMILES string of the molecule is Nc1cc(-c2ccc(OC(F)(F)F)cc2)c(F)cc1Cl. The van der Waals surface area contributed by atoms with Crippen LogP contribution in [0.15, 0.2) is 36.4 Å². The lowest BCUT2D eigenvalue weighted by Crippen LogP contribution is -2.16. The second kappa shape index (κ2) is 5.20. The Kier molecular flexibility index (Phi) is 3.76. The number of alkyl halides is 3. The number of nitrogens with two attached hydrogens (primary N) is 1. The third-order valence-corrected chi connectivity index (χ3v) is 2.81. The van der Waals surface area contributed by atoms with Crippen LogP contribution in [0.2, 0.25) is 5.02 Å². The lowest BCUT2D eigenvalue weighted by Gasteiger charge is -2.10. The molecule has 20 heavy (non-hydrogen) atoms. The number of rotatable bonds is 2. The molecule has 2 aromatic rings. The largest absolute Gasteiger partial charge is 0.573 e. The molecule has 2 N–H and O–H groups in total. The Hall–Kier alpha value is -1.95. The van der Waals surface area contributed by atoms with Crippen molar-refractivity contribution in [3.05, 3.63) is 47.2 Å². The van der Waals surface area contributed by atoms with Gasteiger partial charge in [-0.3, -0.25) is 0 Å². The zero-order chi connectivity index (χ0) is 14.9. The van der Waals surface area contributed by atoms with Crippen LogP contribution in [0.3, 0.4) is 0 Å². The first-order chi connectivity index (χ1) is 9.26. The van der Waals surface area contributed by atoms with Gasteiger partial charge in [-0.05, 0) is 29.8 Å². The minimum atomic E-state index is -4.77. The number of anilines is 1. The Morgan fingerprint density at radius 1 is 1.05 bits per heavy atom. The van der Waals surface area contributed by atoms with Gasteiger partial charge in [-0.1, -0.05) is 23.7 Å². The summed E-state index contributed by atoms with van der Waals surface area (Å²) in [5.41, 5.74) is 6.25. The Labute approximate surface area is 116 Å². The van der Waals surface area contributed by atoms with Crippen molar-refractivity contribution in [2.75, 3.05) is 5.73 Å². The van der Waals surface area contributed by atoms with Gasteiger partial charge < -0.3 is 10.5 Å². The summed E-state index contributed by atoms with van der Waals surface area (Å²) >= 11 is 5.66. The molecule has 0 aliphatic rings. The van der Waals surface area contributed by atoms with Crippen molar-refractivity contribution in [1.82, 2.24) is 0 Å². The van der Waals surface area contributed by atoms with Crippen LogP contribution in [0.5, 0.6) is 5.75 Å². The molecule has 0 amide bonds. The fourth-order valence-electron chi connectivity index (χ4n) is 1.62. The van der Waals surface area contributed by atoms with E-state index in [0.717, 1.165) is 18.2 Å². The molecule has 2 nitrogen and oxygen atoms in total. The molecule has 0 aromatic heterocycles. The zero-order valence-electron chi connectivity index (χ0n) is 9.84. The molecule has 0 radical (unpaired) electrons. The fourth-order valence-corrected chi connectivity index (χ4v) is 1.77. The van der Waals surface area contributed by atoms with E-state index in [-0.39, 0.29) is 22.0 Å². The molecular weight excluding hydrogens is 298 g/mol. The highest BCUT2D eigenvalue weighted by Gasteiger charge is 2.31. The molecule has 0 fully saturated rings. The number of halogens is 5. The monoisotopic (exact) mass is 305 g/mol. The second-order valence-corrected chi connectivity index (χ2v) is 4.33. The molecule has 0 aliphatic carbocycles. The van der Waals surface area contributed by atoms with Gasteiger partial charge in [0.25, 0.3) is 0 Å². The Morgan fingerprint density at radius 2 is 1.65 bits per heavy atom. The summed E-state index contributed by atoms with van der Waals surface area (Å²) < 4.78 is 53.5. The number of nitrogen functional groups attached to an aromatic ring is 1. The van der Waals surface area contributed by atoms with Crippen LogP contribution in [-0.2, 0) is 0 Å². The van der Waals surface area contributed by atoms with Gasteiger partial charge in [-0.25, -0.2) is 4.39 Å². The van der Waals surface area contributed by atoms with Gasteiger partial charge in [0.2, 0.25) is 0 Å². The molecule has 7 heteroatoms. The Bertz CT molecular complexity index is 626. The molecular formula is C13H8ClF4NO. The van der Waals surface area contributed by atoms with Crippen molar-refractivity contribution < 1.29 is 22.3 Å². The van der Waals surface area contributed by atoms with Crippen molar-refractivity contribution in [3.8, 4) is 16.9 Å². The minimum Gasteiger partial charge on any atom is -0.406 e. The summed E-state index contributed by atoms with van der Waals surface area (Å²) in [6.07, 6.45) is -4.77. The molecule has 0 heterocycles. The summed E-state index contributed by atoms with van der Waals surface area (Å²) in [7, 11) is 0. The van der Waals surface area contributed by atoms with Crippen LogP contribution in [0, 0.1) is 5.82 Å². The summed E-state index contributed by atoms with van der Waals surface area (Å²) in [5.74, 6) is -1.00. The van der Waals surface area contributed by atoms with Crippen molar-refractivity contribution in [2.45, 2.75) is 6.36 Å². The predicted molar refractivity (Wildman–Crippen MR) is 67.9 cm³/mol. The molecule has 0 spiro atoms. The molecule has 2 rings (SSSR count). The zero-order valence-corrected chi connectivity index (χ0v) is 10.6. The van der Waals surface area contributed by atoms with Gasteiger partial charge in [0.05, 0.1) is 10.7 Å². The Balaban J connectivity index is 2.33. The second-order valence-electron chi connectivity index (χ2n) is 3.93. The van der Waals surface area contributed by atoms with Crippen molar-refractivity contribution in [2.24, 2.45) is 0 Å². The highest BCUT2D eigenvalue weighted by Crippen LogP contribution is 2.31. The van der Waals surface area contributed by atoms with Gasteiger partial charge in [0, 0.05) is 5.56 Å². The average molecular weight is 306 g/mol. The molecule has 0 saturated heterocycles. The van der Waals surface area contributed by atoms with E-state index in [4.69, 9.17) is 17.3 Å². The molecule has 0 atom stereocenters. The van der Waals surface area contributed by atoms with Gasteiger partial charge in [0.15, 0.2) is 0 Å². The quantitative estimate of drug-likeness (QED) is 0.648. The van der Waals surface area contributed by atoms with Crippen LogP contribution < -0.4 is 10.5 Å². The first kappa shape index (κ1) is 14.5. The van der Waals surface area contributed by atoms with Crippen LogP contribution in [-0.4, -0.2) is 6.36 Å². The molecule has 0 bridgehead atoms. The molecule has 2 aromatic carbocycles. The summed E-state index contributed by atoms with van der Waals surface area (Å²) in [6, 6.07) is 7.14. The van der Waals surface area contributed by atoms with Crippen LogP contribution in [0.1, 0.15) is 0 Å². The van der Waals surface area contributed by atoms with E-state index in [2.05, 4.69) is 4.74 Å². The molecule has 0 unspecified atom stereocenters. The van der Waals surface area contributed by atoms with Gasteiger partial charge in [0.1, 0.15) is 11.6 Å². The van der Waals surface area contributed by atoms with Crippen molar-refractivity contribution >= 4 is 17.3 Å². The smallest absolute Gasteiger partial charge is 0.406 e. The lowest BCUT2D eigenvalue weighted by molar-refractivity contribution is -0.274. The summed E-state index contributed by atoms with van der Waals surface area (Å²) in [4.78, 5) is 0. The van der Waals surface area contributed by atoms with Gasteiger partial charge in [-0.15, -0.1) is 13.2 Å². The standard InChI is InChI=1S/C13H8ClF4NO/c14-10-6-11(15)9(5-12(10)19)7-1-3-8(4-2-7)20-13(16,17)18/h1-6H,19H2. The highest BCUT2D eigenvalue weighted by atomic mass is 35.5. The third kappa shape index (κ3) is 3.33. The van der Waals surface area contributed by atoms with E-state index in [9.17, 15) is 17.6 Å². The Morgan fingerprint density at radius 3 is 2.20 bits per heavy atom. The maximum Gasteiger partial charge on any atom is 0.573 e. The van der Waals surface area contributed by atoms with Crippen LogP contribution >= 0.6 is 11.6 Å². The lowest BCUT2D eigenvalue weighted by atomic mass is 10.0. The average Bonchev–Trinajstić information content (AvgIpc) is 2.33. The molecule has 0 aliphatic heterocycles. The van der Waals surface area contributed by atoms with Crippen LogP contribution in [0.4, 0.5) is 23.2 Å². The van der Waals surface area contributed by atoms with E-state index in [1.165, 1.54) is 18.2 Å². The topological polar surface area (TPSA) is 35.2 Å². The molecule has 0 saturated carbocycles. The summed E-state index contributed by atoms with van der Waals surface area (Å²) in [5, 5.41) is 0.0725. The number of ether oxygens (including phenoxy) is 1. The summed E-state index contributed by atoms with van der Waals surface area (Å²) in [6.45, 7) is 0. The van der Waals surface area contributed by atoms with Gasteiger partial charge >= 0.3 is 6.36 Å². The minimum absolute atomic E-state index is 0.0725. The van der Waals surface area contributed by atoms with Crippen LogP contribution in [0.25, 0.3) is 11.1 Å².